The maximum atomic E-state index is 6.35. The van der Waals surface area contributed by atoms with Crippen molar-refractivity contribution in [1.82, 2.24) is 0 Å². The molecule has 0 bridgehead atoms. The zero-order valence-corrected chi connectivity index (χ0v) is 16.0. The fraction of sp³-hybridized carbons (Fsp3) is 0.200. The van der Waals surface area contributed by atoms with E-state index in [4.69, 9.17) is 32.7 Å². The molecule has 21 heavy (non-hydrogen) atoms. The molecule has 112 valence electrons. The van der Waals surface area contributed by atoms with Gasteiger partial charge in [0, 0.05) is 20.6 Å². The molecular formula is C15H12Br2Cl2O2. The minimum absolute atomic E-state index is 0.148. The second-order valence-electron chi connectivity index (χ2n) is 4.26. The Morgan fingerprint density at radius 3 is 2.05 bits per heavy atom. The summed E-state index contributed by atoms with van der Waals surface area (Å²) in [5, 5.41) is 1.23. The standard InChI is InChI=1S/C15H12Br2Cl2O2/c1-20-13-6-10(12(19)7-14(13)21-2)15(17)9-4-3-8(16)5-11(9)18/h3-7,15H,1-2H3. The maximum Gasteiger partial charge on any atom is 0.162 e. The highest BCUT2D eigenvalue weighted by Crippen LogP contribution is 2.43. The summed E-state index contributed by atoms with van der Waals surface area (Å²) in [5.74, 6) is 1.21. The molecule has 0 heterocycles. The molecule has 2 aromatic rings. The van der Waals surface area contributed by atoms with E-state index in [1.165, 1.54) is 0 Å². The first-order valence-electron chi connectivity index (χ1n) is 5.98. The minimum Gasteiger partial charge on any atom is -0.493 e. The third-order valence-corrected chi connectivity index (χ3v) is 5.15. The molecule has 6 heteroatoms. The second kappa shape index (κ2) is 7.23. The van der Waals surface area contributed by atoms with Crippen molar-refractivity contribution in [3.63, 3.8) is 0 Å². The van der Waals surface area contributed by atoms with Crippen LogP contribution in [0.25, 0.3) is 0 Å². The first kappa shape index (κ1) is 16.9. The quantitative estimate of drug-likeness (QED) is 0.508. The third-order valence-electron chi connectivity index (χ3n) is 3.01. The van der Waals surface area contributed by atoms with Crippen LogP contribution >= 0.6 is 55.1 Å². The minimum atomic E-state index is -0.148. The van der Waals surface area contributed by atoms with Crippen molar-refractivity contribution in [3.8, 4) is 11.5 Å². The van der Waals surface area contributed by atoms with Crippen LogP contribution in [0, 0.1) is 0 Å². The van der Waals surface area contributed by atoms with E-state index in [2.05, 4.69) is 31.9 Å². The van der Waals surface area contributed by atoms with Gasteiger partial charge in [0.2, 0.25) is 0 Å². The Morgan fingerprint density at radius 1 is 0.905 bits per heavy atom. The topological polar surface area (TPSA) is 18.5 Å². The average molecular weight is 455 g/mol. The summed E-state index contributed by atoms with van der Waals surface area (Å²) in [4.78, 5) is -0.148. The van der Waals surface area contributed by atoms with E-state index in [9.17, 15) is 0 Å². The zero-order chi connectivity index (χ0) is 15.6. The summed E-state index contributed by atoms with van der Waals surface area (Å²) in [6.07, 6.45) is 0. The Morgan fingerprint density at radius 2 is 1.48 bits per heavy atom. The fourth-order valence-corrected chi connectivity index (χ4v) is 4.03. The molecule has 2 rings (SSSR count). The maximum absolute atomic E-state index is 6.35. The molecule has 1 atom stereocenters. The highest BCUT2D eigenvalue weighted by molar-refractivity contribution is 9.10. The van der Waals surface area contributed by atoms with Gasteiger partial charge in [-0.2, -0.15) is 0 Å². The van der Waals surface area contributed by atoms with Gasteiger partial charge in [0.05, 0.1) is 19.0 Å². The van der Waals surface area contributed by atoms with Gasteiger partial charge in [-0.25, -0.2) is 0 Å². The predicted molar refractivity (Wildman–Crippen MR) is 94.5 cm³/mol. The molecule has 2 aromatic carbocycles. The lowest BCUT2D eigenvalue weighted by Crippen LogP contribution is -1.98. The van der Waals surface area contributed by atoms with Crippen LogP contribution in [0.15, 0.2) is 34.8 Å². The highest BCUT2D eigenvalue weighted by Gasteiger charge is 2.20. The van der Waals surface area contributed by atoms with Crippen LogP contribution < -0.4 is 9.47 Å². The number of methoxy groups -OCH3 is 2. The number of rotatable bonds is 4. The van der Waals surface area contributed by atoms with Gasteiger partial charge < -0.3 is 9.47 Å². The van der Waals surface area contributed by atoms with Crippen molar-refractivity contribution >= 4 is 55.1 Å². The first-order valence-corrected chi connectivity index (χ1v) is 8.44. The molecule has 0 saturated carbocycles. The number of alkyl halides is 1. The van der Waals surface area contributed by atoms with Crippen molar-refractivity contribution in [2.24, 2.45) is 0 Å². The summed E-state index contributed by atoms with van der Waals surface area (Å²) in [6, 6.07) is 9.30. The van der Waals surface area contributed by atoms with Crippen LogP contribution in [-0.4, -0.2) is 14.2 Å². The van der Waals surface area contributed by atoms with Gasteiger partial charge in [-0.1, -0.05) is 61.1 Å². The van der Waals surface area contributed by atoms with Crippen LogP contribution in [0.3, 0.4) is 0 Å². The SMILES string of the molecule is COc1cc(Cl)c(C(Br)c2ccc(Br)cc2Cl)cc1OC. The van der Waals surface area contributed by atoms with Crippen LogP contribution in [0.2, 0.25) is 10.0 Å². The predicted octanol–water partition coefficient (Wildman–Crippen LogP) is 6.26. The molecule has 2 nitrogen and oxygen atoms in total. The summed E-state index contributed by atoms with van der Waals surface area (Å²) in [6.45, 7) is 0. The van der Waals surface area contributed by atoms with Crippen LogP contribution in [-0.2, 0) is 0 Å². The molecule has 0 aliphatic heterocycles. The van der Waals surface area contributed by atoms with Crippen molar-refractivity contribution in [1.29, 1.82) is 0 Å². The van der Waals surface area contributed by atoms with Gasteiger partial charge in [0.1, 0.15) is 0 Å². The van der Waals surface area contributed by atoms with Gasteiger partial charge in [-0.05, 0) is 29.3 Å². The first-order chi connectivity index (χ1) is 9.97. The van der Waals surface area contributed by atoms with E-state index in [0.717, 1.165) is 15.6 Å². The summed E-state index contributed by atoms with van der Waals surface area (Å²) in [5.41, 5.74) is 1.78. The molecule has 0 N–H and O–H groups in total. The molecule has 1 unspecified atom stereocenters. The second-order valence-corrected chi connectivity index (χ2v) is 6.90. The summed E-state index contributed by atoms with van der Waals surface area (Å²) in [7, 11) is 3.16. The third kappa shape index (κ3) is 3.67. The van der Waals surface area contributed by atoms with E-state index in [1.54, 1.807) is 20.3 Å². The lowest BCUT2D eigenvalue weighted by Gasteiger charge is -2.17. The van der Waals surface area contributed by atoms with Crippen LogP contribution in [0.1, 0.15) is 16.0 Å². The lowest BCUT2D eigenvalue weighted by molar-refractivity contribution is 0.354. The van der Waals surface area contributed by atoms with Crippen LogP contribution in [0.4, 0.5) is 0 Å². The number of benzene rings is 2. The molecule has 0 spiro atoms. The Bertz CT molecular complexity index is 662. The number of halogens is 4. The normalized spacial score (nSPS) is 12.1. The van der Waals surface area contributed by atoms with E-state index in [-0.39, 0.29) is 4.83 Å². The number of hydrogen-bond donors (Lipinski definition) is 0. The van der Waals surface area contributed by atoms with Gasteiger partial charge in [-0.3, -0.25) is 0 Å². The van der Waals surface area contributed by atoms with E-state index >= 15 is 0 Å². The molecule has 0 fully saturated rings. The van der Waals surface area contributed by atoms with E-state index in [1.807, 2.05) is 24.3 Å². The molecular weight excluding hydrogens is 443 g/mol. The Kier molecular flexibility index (Phi) is 5.83. The zero-order valence-electron chi connectivity index (χ0n) is 11.3. The number of ether oxygens (including phenoxy) is 2. The van der Waals surface area contributed by atoms with Crippen molar-refractivity contribution in [2.45, 2.75) is 4.83 Å². The van der Waals surface area contributed by atoms with Crippen molar-refractivity contribution < 1.29 is 9.47 Å². The Labute approximate surface area is 150 Å². The molecule has 0 aromatic heterocycles. The Hall–Kier alpha value is -0.420. The van der Waals surface area contributed by atoms with Gasteiger partial charge in [0.25, 0.3) is 0 Å². The highest BCUT2D eigenvalue weighted by atomic mass is 79.9. The van der Waals surface area contributed by atoms with Gasteiger partial charge in [0.15, 0.2) is 11.5 Å². The molecule has 0 aliphatic carbocycles. The van der Waals surface area contributed by atoms with Crippen molar-refractivity contribution in [3.05, 3.63) is 56.0 Å². The van der Waals surface area contributed by atoms with Crippen molar-refractivity contribution in [2.75, 3.05) is 14.2 Å². The largest absolute Gasteiger partial charge is 0.493 e. The average Bonchev–Trinajstić information content (AvgIpc) is 2.46. The van der Waals surface area contributed by atoms with Gasteiger partial charge in [-0.15, -0.1) is 0 Å². The summed E-state index contributed by atoms with van der Waals surface area (Å²) >= 11 is 19.7. The fourth-order valence-electron chi connectivity index (χ4n) is 1.94. The summed E-state index contributed by atoms with van der Waals surface area (Å²) < 4.78 is 11.5. The molecule has 0 radical (unpaired) electrons. The molecule has 0 amide bonds. The van der Waals surface area contributed by atoms with E-state index in [0.29, 0.717) is 21.5 Å². The molecule has 0 aliphatic rings. The Balaban J connectivity index is 2.50. The lowest BCUT2D eigenvalue weighted by atomic mass is 10.0. The molecule has 0 saturated heterocycles. The monoisotopic (exact) mass is 452 g/mol. The number of hydrogen-bond acceptors (Lipinski definition) is 2. The van der Waals surface area contributed by atoms with Gasteiger partial charge >= 0.3 is 0 Å². The smallest absolute Gasteiger partial charge is 0.162 e. The van der Waals surface area contributed by atoms with Crippen LogP contribution in [0.5, 0.6) is 11.5 Å². The van der Waals surface area contributed by atoms with E-state index < -0.39 is 0 Å².